The number of anilines is 1. The Morgan fingerprint density at radius 3 is 2.29 bits per heavy atom. The van der Waals surface area contributed by atoms with Gasteiger partial charge >= 0.3 is 0 Å². The number of fused-ring (bicyclic) bond motifs is 1. The number of carbonyl (C=O) groups is 4. The van der Waals surface area contributed by atoms with Crippen LogP contribution in [0.3, 0.4) is 0 Å². The number of halogens is 3. The minimum Gasteiger partial charge on any atom is -0.357 e. The molecule has 0 bridgehead atoms. The van der Waals surface area contributed by atoms with Crippen molar-refractivity contribution in [3.8, 4) is 0 Å². The number of hydrogen-bond acceptors (Lipinski definition) is 4. The number of nitrogens with zero attached hydrogens (tertiary/aromatic N) is 1. The van der Waals surface area contributed by atoms with Crippen LogP contribution in [0, 0.1) is 12.7 Å². The van der Waals surface area contributed by atoms with Crippen LogP contribution in [0.4, 0.5) is 18.9 Å². The van der Waals surface area contributed by atoms with Crippen LogP contribution in [0.15, 0.2) is 24.3 Å². The molecule has 1 aliphatic heterocycles. The Balaban J connectivity index is 1.61. The summed E-state index contributed by atoms with van der Waals surface area (Å²) in [5, 5.41) is 7.11. The third-order valence-electron chi connectivity index (χ3n) is 6.30. The van der Waals surface area contributed by atoms with Gasteiger partial charge in [0.25, 0.3) is 23.5 Å². The van der Waals surface area contributed by atoms with E-state index in [-0.39, 0.29) is 16.8 Å². The third kappa shape index (κ3) is 3.95. The fourth-order valence-corrected chi connectivity index (χ4v) is 4.80. The molecular weight excluding hydrogens is 453 g/mol. The first kappa shape index (κ1) is 23.5. The van der Waals surface area contributed by atoms with Crippen molar-refractivity contribution in [2.45, 2.75) is 50.6 Å². The summed E-state index contributed by atoms with van der Waals surface area (Å²) < 4.78 is 41.9. The highest BCUT2D eigenvalue weighted by molar-refractivity contribution is 6.43. The van der Waals surface area contributed by atoms with E-state index < -0.39 is 53.6 Å². The smallest absolute Gasteiger partial charge is 0.294 e. The van der Waals surface area contributed by atoms with Gasteiger partial charge in [0.15, 0.2) is 0 Å². The molecule has 1 aromatic carbocycles. The molecule has 0 spiro atoms. The molecule has 2 aliphatic rings. The van der Waals surface area contributed by atoms with Crippen molar-refractivity contribution in [1.29, 1.82) is 0 Å². The number of alkyl halides is 2. The van der Waals surface area contributed by atoms with Gasteiger partial charge in [0.05, 0.1) is 11.3 Å². The van der Waals surface area contributed by atoms with Gasteiger partial charge in [-0.25, -0.2) is 13.2 Å². The van der Waals surface area contributed by atoms with Gasteiger partial charge in [-0.15, -0.1) is 0 Å². The summed E-state index contributed by atoms with van der Waals surface area (Å²) in [4.78, 5) is 51.1. The molecule has 0 saturated heterocycles. The van der Waals surface area contributed by atoms with E-state index in [1.807, 2.05) is 0 Å². The Kier molecular flexibility index (Phi) is 5.74. The first-order valence-corrected chi connectivity index (χ1v) is 10.7. The topological polar surface area (TPSA) is 109 Å². The normalized spacial score (nSPS) is 17.3. The van der Waals surface area contributed by atoms with Crippen LogP contribution < -0.4 is 16.0 Å². The molecule has 1 saturated carbocycles. The number of ketones is 1. The zero-order valence-electron chi connectivity index (χ0n) is 18.6. The van der Waals surface area contributed by atoms with E-state index in [0.29, 0.717) is 30.8 Å². The van der Waals surface area contributed by atoms with Gasteiger partial charge in [-0.1, -0.05) is 0 Å². The second kappa shape index (κ2) is 8.30. The van der Waals surface area contributed by atoms with Crippen molar-refractivity contribution in [3.05, 3.63) is 52.6 Å². The summed E-state index contributed by atoms with van der Waals surface area (Å²) in [6, 6.07) is 5.17. The number of amides is 3. The monoisotopic (exact) mass is 476 g/mol. The Morgan fingerprint density at radius 1 is 1.06 bits per heavy atom. The molecule has 180 valence electrons. The molecule has 0 unspecified atom stereocenters. The lowest BCUT2D eigenvalue weighted by molar-refractivity contribution is -0.164. The first-order valence-electron chi connectivity index (χ1n) is 10.7. The van der Waals surface area contributed by atoms with Crippen molar-refractivity contribution in [2.75, 3.05) is 12.4 Å². The maximum absolute atomic E-state index is 13.6. The average Bonchev–Trinajstić information content (AvgIpc) is 3.32. The Hall–Kier alpha value is -3.63. The van der Waals surface area contributed by atoms with E-state index in [1.165, 1.54) is 38.2 Å². The Morgan fingerprint density at radius 2 is 1.71 bits per heavy atom. The van der Waals surface area contributed by atoms with Crippen LogP contribution in [0.25, 0.3) is 0 Å². The van der Waals surface area contributed by atoms with Gasteiger partial charge in [-0.2, -0.15) is 0 Å². The molecule has 4 rings (SSSR count). The summed E-state index contributed by atoms with van der Waals surface area (Å²) in [5.41, 5.74) is -0.469. The fraction of sp³-hybridized carbons (Fsp3) is 0.391. The standard InChI is InChI=1S/C23H23F3N4O4/c1-12-16(19(32)28-14-7-5-13(24)6-8-14)15-4-3-9-30(15)17(12)18(31)20(33)29-22(21(34)27-2)10-23(25,26)11-22/h5-8H,3-4,9-11H2,1-2H3,(H,27,34)(H,28,32)(H,29,33). The third-order valence-corrected chi connectivity index (χ3v) is 6.30. The molecule has 0 radical (unpaired) electrons. The van der Waals surface area contributed by atoms with E-state index in [1.54, 1.807) is 4.57 Å². The van der Waals surface area contributed by atoms with Crippen LogP contribution in [0.1, 0.15) is 51.4 Å². The second-order valence-corrected chi connectivity index (χ2v) is 8.67. The van der Waals surface area contributed by atoms with Gasteiger partial charge in [-0.3, -0.25) is 19.2 Å². The van der Waals surface area contributed by atoms with Crippen LogP contribution >= 0.6 is 0 Å². The highest BCUT2D eigenvalue weighted by Crippen LogP contribution is 2.45. The molecule has 2 heterocycles. The second-order valence-electron chi connectivity index (χ2n) is 8.67. The summed E-state index contributed by atoms with van der Waals surface area (Å²) in [5.74, 6) is -7.12. The minimum atomic E-state index is -3.12. The lowest BCUT2D eigenvalue weighted by Crippen LogP contribution is -2.69. The highest BCUT2D eigenvalue weighted by Gasteiger charge is 2.62. The number of hydrogen-bond donors (Lipinski definition) is 3. The predicted octanol–water partition coefficient (Wildman–Crippen LogP) is 2.35. The van der Waals surface area contributed by atoms with Gasteiger partial charge in [0.2, 0.25) is 5.91 Å². The Labute approximate surface area is 192 Å². The molecule has 2 aromatic rings. The van der Waals surface area contributed by atoms with Gasteiger partial charge in [0, 0.05) is 37.8 Å². The summed E-state index contributed by atoms with van der Waals surface area (Å²) in [6.07, 6.45) is -0.677. The van der Waals surface area contributed by atoms with Crippen LogP contribution in [-0.4, -0.2) is 46.6 Å². The number of benzene rings is 1. The molecule has 8 nitrogen and oxygen atoms in total. The largest absolute Gasteiger partial charge is 0.357 e. The van der Waals surface area contributed by atoms with E-state index in [2.05, 4.69) is 16.0 Å². The van der Waals surface area contributed by atoms with Gasteiger partial charge < -0.3 is 20.5 Å². The van der Waals surface area contributed by atoms with E-state index >= 15 is 0 Å². The molecule has 1 aromatic heterocycles. The molecule has 1 fully saturated rings. The highest BCUT2D eigenvalue weighted by atomic mass is 19.3. The molecule has 1 aliphatic carbocycles. The molecule has 3 amide bonds. The van der Waals surface area contributed by atoms with Crippen molar-refractivity contribution >= 4 is 29.2 Å². The summed E-state index contributed by atoms with van der Waals surface area (Å²) in [6.45, 7) is 1.92. The molecule has 3 N–H and O–H groups in total. The number of nitrogens with one attached hydrogen (secondary N) is 3. The molecular formula is C23H23F3N4O4. The summed E-state index contributed by atoms with van der Waals surface area (Å²) in [7, 11) is 1.25. The van der Waals surface area contributed by atoms with Crippen LogP contribution in [-0.2, 0) is 22.6 Å². The number of rotatable bonds is 6. The van der Waals surface area contributed by atoms with E-state index in [4.69, 9.17) is 0 Å². The van der Waals surface area contributed by atoms with E-state index in [9.17, 15) is 32.3 Å². The molecule has 11 heteroatoms. The number of carbonyl (C=O) groups excluding carboxylic acids is 4. The molecule has 0 atom stereocenters. The lowest BCUT2D eigenvalue weighted by atomic mass is 9.72. The average molecular weight is 476 g/mol. The maximum Gasteiger partial charge on any atom is 0.294 e. The SMILES string of the molecule is CNC(=O)C1(NC(=O)C(=O)c2c(C)c(C(=O)Nc3ccc(F)cc3)c3n2CCC3)CC(F)(F)C1. The number of aromatic nitrogens is 1. The zero-order chi connectivity index (χ0) is 24.8. The summed E-state index contributed by atoms with van der Waals surface area (Å²) >= 11 is 0. The lowest BCUT2D eigenvalue weighted by Gasteiger charge is -2.45. The van der Waals surface area contributed by atoms with Crippen LogP contribution in [0.5, 0.6) is 0 Å². The first-order chi connectivity index (χ1) is 16.0. The molecule has 34 heavy (non-hydrogen) atoms. The van der Waals surface area contributed by atoms with E-state index in [0.717, 1.165) is 0 Å². The quantitative estimate of drug-likeness (QED) is 0.439. The Bertz CT molecular complexity index is 1200. The van der Waals surface area contributed by atoms with Crippen LogP contribution in [0.2, 0.25) is 0 Å². The van der Waals surface area contributed by atoms with Crippen molar-refractivity contribution in [3.63, 3.8) is 0 Å². The van der Waals surface area contributed by atoms with Gasteiger partial charge in [-0.05, 0) is 49.6 Å². The zero-order valence-corrected chi connectivity index (χ0v) is 18.6. The number of likely N-dealkylation sites (N-methyl/N-ethyl adjacent to an activating group) is 1. The van der Waals surface area contributed by atoms with Gasteiger partial charge in [0.1, 0.15) is 11.4 Å². The fourth-order valence-electron chi connectivity index (χ4n) is 4.80. The van der Waals surface area contributed by atoms with Crippen molar-refractivity contribution in [2.24, 2.45) is 0 Å². The minimum absolute atomic E-state index is 0.0209. The maximum atomic E-state index is 13.6. The predicted molar refractivity (Wildman–Crippen MR) is 115 cm³/mol. The number of Topliss-reactive ketones (excluding diaryl/α,β-unsaturated/α-hetero) is 1. The van der Waals surface area contributed by atoms with Crippen molar-refractivity contribution < 1.29 is 32.3 Å². The van der Waals surface area contributed by atoms with Crippen molar-refractivity contribution in [1.82, 2.24) is 15.2 Å².